The van der Waals surface area contributed by atoms with Gasteiger partial charge in [0, 0.05) is 19.3 Å². The van der Waals surface area contributed by atoms with Crippen molar-refractivity contribution in [3.63, 3.8) is 0 Å². The van der Waals surface area contributed by atoms with Gasteiger partial charge in [-0.3, -0.25) is 4.79 Å². The molecule has 1 amide bonds. The molecular formula is C12H19N5O. The molecule has 0 saturated carbocycles. The molecule has 1 aromatic rings. The maximum absolute atomic E-state index is 11.9. The first-order chi connectivity index (χ1) is 8.69. The SMILES string of the molecule is CN1CCC(CNC(=O)c2ccc(NN)nc2)C1. The molecule has 0 bridgehead atoms. The number of nitrogen functional groups attached to an aromatic ring is 1. The van der Waals surface area contributed by atoms with Crippen LogP contribution in [0.3, 0.4) is 0 Å². The lowest BCUT2D eigenvalue weighted by Gasteiger charge is -2.11. The Hall–Kier alpha value is -1.66. The van der Waals surface area contributed by atoms with Crippen LogP contribution in [0.1, 0.15) is 16.8 Å². The van der Waals surface area contributed by atoms with Crippen molar-refractivity contribution in [3.8, 4) is 0 Å². The van der Waals surface area contributed by atoms with Gasteiger partial charge in [-0.25, -0.2) is 10.8 Å². The Kier molecular flexibility index (Phi) is 4.11. The molecule has 4 N–H and O–H groups in total. The van der Waals surface area contributed by atoms with Crippen molar-refractivity contribution in [2.24, 2.45) is 11.8 Å². The number of carbonyl (C=O) groups excluding carboxylic acids is 1. The Bertz CT molecular complexity index is 405. The lowest BCUT2D eigenvalue weighted by atomic mass is 10.1. The second-order valence-electron chi connectivity index (χ2n) is 4.70. The monoisotopic (exact) mass is 249 g/mol. The van der Waals surface area contributed by atoms with Gasteiger partial charge < -0.3 is 15.6 Å². The molecule has 1 saturated heterocycles. The molecule has 6 nitrogen and oxygen atoms in total. The lowest BCUT2D eigenvalue weighted by molar-refractivity contribution is 0.0947. The summed E-state index contributed by atoms with van der Waals surface area (Å²) in [4.78, 5) is 18.1. The minimum atomic E-state index is -0.0828. The molecule has 1 aliphatic rings. The van der Waals surface area contributed by atoms with Gasteiger partial charge in [-0.1, -0.05) is 0 Å². The van der Waals surface area contributed by atoms with Crippen LogP contribution in [0.15, 0.2) is 18.3 Å². The van der Waals surface area contributed by atoms with Crippen LogP contribution in [0, 0.1) is 5.92 Å². The number of amides is 1. The highest BCUT2D eigenvalue weighted by molar-refractivity contribution is 5.94. The molecule has 0 aromatic carbocycles. The number of rotatable bonds is 4. The quantitative estimate of drug-likeness (QED) is 0.519. The zero-order valence-electron chi connectivity index (χ0n) is 10.5. The van der Waals surface area contributed by atoms with Gasteiger partial charge in [0.15, 0.2) is 0 Å². The smallest absolute Gasteiger partial charge is 0.252 e. The number of aromatic nitrogens is 1. The number of pyridine rings is 1. The molecule has 0 aliphatic carbocycles. The maximum Gasteiger partial charge on any atom is 0.252 e. The highest BCUT2D eigenvalue weighted by Crippen LogP contribution is 2.13. The average Bonchev–Trinajstić information content (AvgIpc) is 2.82. The van der Waals surface area contributed by atoms with E-state index in [2.05, 4.69) is 27.7 Å². The van der Waals surface area contributed by atoms with Crippen LogP contribution in [0.4, 0.5) is 5.82 Å². The van der Waals surface area contributed by atoms with Crippen LogP contribution in [0.2, 0.25) is 0 Å². The summed E-state index contributed by atoms with van der Waals surface area (Å²) in [6.45, 7) is 2.88. The van der Waals surface area contributed by atoms with Crippen molar-refractivity contribution in [2.75, 3.05) is 32.1 Å². The summed E-state index contributed by atoms with van der Waals surface area (Å²) in [7, 11) is 2.10. The third-order valence-electron chi connectivity index (χ3n) is 3.21. The molecule has 18 heavy (non-hydrogen) atoms. The van der Waals surface area contributed by atoms with Gasteiger partial charge in [0.2, 0.25) is 0 Å². The van der Waals surface area contributed by atoms with E-state index in [0.29, 0.717) is 17.3 Å². The van der Waals surface area contributed by atoms with Gasteiger partial charge in [-0.2, -0.15) is 0 Å². The number of anilines is 1. The number of hydrazine groups is 1. The van der Waals surface area contributed by atoms with Crippen molar-refractivity contribution in [1.29, 1.82) is 0 Å². The fraction of sp³-hybridized carbons (Fsp3) is 0.500. The van der Waals surface area contributed by atoms with Gasteiger partial charge >= 0.3 is 0 Å². The summed E-state index contributed by atoms with van der Waals surface area (Å²) in [5.41, 5.74) is 2.98. The average molecular weight is 249 g/mol. The number of likely N-dealkylation sites (tertiary alicyclic amines) is 1. The summed E-state index contributed by atoms with van der Waals surface area (Å²) in [5, 5.41) is 2.94. The molecule has 2 rings (SSSR count). The zero-order chi connectivity index (χ0) is 13.0. The van der Waals surface area contributed by atoms with Gasteiger partial charge in [-0.05, 0) is 38.1 Å². The van der Waals surface area contributed by atoms with Gasteiger partial charge in [0.25, 0.3) is 5.91 Å². The van der Waals surface area contributed by atoms with Crippen molar-refractivity contribution in [1.82, 2.24) is 15.2 Å². The zero-order valence-corrected chi connectivity index (χ0v) is 10.5. The second-order valence-corrected chi connectivity index (χ2v) is 4.70. The molecule has 98 valence electrons. The van der Waals surface area contributed by atoms with Gasteiger partial charge in [0.1, 0.15) is 5.82 Å². The summed E-state index contributed by atoms with van der Waals surface area (Å²) in [5.74, 6) is 6.23. The van der Waals surface area contributed by atoms with E-state index in [-0.39, 0.29) is 5.91 Å². The number of hydrogen-bond donors (Lipinski definition) is 3. The molecule has 2 heterocycles. The Morgan fingerprint density at radius 1 is 1.61 bits per heavy atom. The second kappa shape index (κ2) is 5.79. The van der Waals surface area contributed by atoms with Crippen molar-refractivity contribution >= 4 is 11.7 Å². The van der Waals surface area contributed by atoms with E-state index in [1.165, 1.54) is 6.20 Å². The maximum atomic E-state index is 11.9. The van der Waals surface area contributed by atoms with E-state index < -0.39 is 0 Å². The fourth-order valence-corrected chi connectivity index (χ4v) is 2.15. The molecule has 1 atom stereocenters. The van der Waals surface area contributed by atoms with E-state index in [1.807, 2.05) is 0 Å². The predicted octanol–water partition coefficient (Wildman–Crippen LogP) is 0.0487. The number of nitrogens with zero attached hydrogens (tertiary/aromatic N) is 2. The predicted molar refractivity (Wildman–Crippen MR) is 70.0 cm³/mol. The molecule has 0 radical (unpaired) electrons. The highest BCUT2D eigenvalue weighted by Gasteiger charge is 2.19. The molecule has 1 unspecified atom stereocenters. The third kappa shape index (κ3) is 3.18. The molecule has 1 aromatic heterocycles. The minimum Gasteiger partial charge on any atom is -0.352 e. The Morgan fingerprint density at radius 2 is 2.44 bits per heavy atom. The van der Waals surface area contributed by atoms with Crippen molar-refractivity contribution < 1.29 is 4.79 Å². The first-order valence-electron chi connectivity index (χ1n) is 6.08. The molecule has 1 fully saturated rings. The first kappa shape index (κ1) is 12.8. The molecule has 0 spiro atoms. The van der Waals surface area contributed by atoms with Crippen LogP contribution >= 0.6 is 0 Å². The summed E-state index contributed by atoms with van der Waals surface area (Å²) < 4.78 is 0. The van der Waals surface area contributed by atoms with E-state index in [1.54, 1.807) is 12.1 Å². The fourth-order valence-electron chi connectivity index (χ4n) is 2.15. The molecule has 6 heteroatoms. The Morgan fingerprint density at radius 3 is 3.00 bits per heavy atom. The third-order valence-corrected chi connectivity index (χ3v) is 3.21. The Balaban J connectivity index is 1.83. The molecular weight excluding hydrogens is 230 g/mol. The summed E-state index contributed by atoms with van der Waals surface area (Å²) >= 11 is 0. The highest BCUT2D eigenvalue weighted by atomic mass is 16.1. The van der Waals surface area contributed by atoms with Crippen LogP contribution in [0.25, 0.3) is 0 Å². The van der Waals surface area contributed by atoms with E-state index in [0.717, 1.165) is 26.1 Å². The van der Waals surface area contributed by atoms with Crippen LogP contribution < -0.4 is 16.6 Å². The van der Waals surface area contributed by atoms with Crippen LogP contribution in [-0.2, 0) is 0 Å². The number of nitrogens with two attached hydrogens (primary N) is 1. The normalized spacial score (nSPS) is 19.8. The molecule has 1 aliphatic heterocycles. The number of carbonyl (C=O) groups is 1. The largest absolute Gasteiger partial charge is 0.352 e. The van der Waals surface area contributed by atoms with Crippen molar-refractivity contribution in [2.45, 2.75) is 6.42 Å². The first-order valence-corrected chi connectivity index (χ1v) is 6.08. The van der Waals surface area contributed by atoms with Gasteiger partial charge in [0.05, 0.1) is 5.56 Å². The van der Waals surface area contributed by atoms with Crippen LogP contribution in [-0.4, -0.2) is 42.5 Å². The van der Waals surface area contributed by atoms with Crippen LogP contribution in [0.5, 0.6) is 0 Å². The van der Waals surface area contributed by atoms with E-state index in [9.17, 15) is 4.79 Å². The Labute approximate surface area is 107 Å². The summed E-state index contributed by atoms with van der Waals surface area (Å²) in [6.07, 6.45) is 2.66. The number of hydrogen-bond acceptors (Lipinski definition) is 5. The summed E-state index contributed by atoms with van der Waals surface area (Å²) in [6, 6.07) is 3.39. The standard InChI is InChI=1S/C12H19N5O/c1-17-5-4-9(8-17)6-15-12(18)10-2-3-11(16-13)14-7-10/h2-3,7,9H,4-6,8,13H2,1H3,(H,14,16)(H,15,18). The van der Waals surface area contributed by atoms with Crippen molar-refractivity contribution in [3.05, 3.63) is 23.9 Å². The topological polar surface area (TPSA) is 83.3 Å². The lowest BCUT2D eigenvalue weighted by Crippen LogP contribution is -2.30. The van der Waals surface area contributed by atoms with E-state index in [4.69, 9.17) is 5.84 Å². The number of nitrogens with one attached hydrogen (secondary N) is 2. The minimum absolute atomic E-state index is 0.0828. The van der Waals surface area contributed by atoms with E-state index >= 15 is 0 Å². The van der Waals surface area contributed by atoms with Gasteiger partial charge in [-0.15, -0.1) is 0 Å².